The zero-order chi connectivity index (χ0) is 17.8. The molecule has 2 N–H and O–H groups in total. The highest BCUT2D eigenvalue weighted by Gasteiger charge is 2.23. The molecule has 25 heavy (non-hydrogen) atoms. The van der Waals surface area contributed by atoms with E-state index < -0.39 is 0 Å². The summed E-state index contributed by atoms with van der Waals surface area (Å²) < 4.78 is 0. The summed E-state index contributed by atoms with van der Waals surface area (Å²) in [6, 6.07) is 3.83. The van der Waals surface area contributed by atoms with Crippen LogP contribution in [0.15, 0.2) is 29.3 Å². The van der Waals surface area contributed by atoms with Crippen molar-refractivity contribution < 1.29 is 4.79 Å². The lowest BCUT2D eigenvalue weighted by Gasteiger charge is -2.34. The minimum absolute atomic E-state index is 0.0872. The summed E-state index contributed by atoms with van der Waals surface area (Å²) in [5.74, 6) is 0.588. The second-order valence-corrected chi connectivity index (χ2v) is 6.36. The third-order valence-corrected chi connectivity index (χ3v) is 4.57. The maximum Gasteiger partial charge on any atom is 0.254 e. The van der Waals surface area contributed by atoms with Crippen LogP contribution in [0.1, 0.15) is 24.6 Å². The summed E-state index contributed by atoms with van der Waals surface area (Å²) in [5, 5.41) is 3.27. The molecule has 1 saturated heterocycles. The van der Waals surface area contributed by atoms with Crippen LogP contribution in [-0.2, 0) is 11.2 Å². The molecule has 3 heterocycles. The third-order valence-electron chi connectivity index (χ3n) is 4.57. The number of pyridine rings is 1. The molecular formula is C18H23N5O2. The van der Waals surface area contributed by atoms with Gasteiger partial charge in [-0.1, -0.05) is 0 Å². The predicted octanol–water partition coefficient (Wildman–Crippen LogP) is 0.893. The minimum atomic E-state index is -0.187. The molecule has 0 saturated carbocycles. The van der Waals surface area contributed by atoms with E-state index >= 15 is 0 Å². The largest absolute Gasteiger partial charge is 0.337 e. The van der Waals surface area contributed by atoms with E-state index in [0.717, 1.165) is 18.7 Å². The zero-order valence-corrected chi connectivity index (χ0v) is 14.6. The van der Waals surface area contributed by atoms with Crippen molar-refractivity contribution in [2.75, 3.05) is 19.6 Å². The van der Waals surface area contributed by atoms with E-state index in [1.807, 2.05) is 24.8 Å². The Labute approximate surface area is 146 Å². The highest BCUT2D eigenvalue weighted by Crippen LogP contribution is 2.14. The molecule has 1 amide bonds. The summed E-state index contributed by atoms with van der Waals surface area (Å²) in [4.78, 5) is 38.1. The van der Waals surface area contributed by atoms with Crippen molar-refractivity contribution in [3.8, 4) is 11.4 Å². The first-order valence-corrected chi connectivity index (χ1v) is 8.56. The van der Waals surface area contributed by atoms with E-state index in [4.69, 9.17) is 0 Å². The lowest BCUT2D eigenvalue weighted by Crippen LogP contribution is -2.52. The third kappa shape index (κ3) is 3.93. The molecule has 0 aliphatic carbocycles. The van der Waals surface area contributed by atoms with E-state index in [-0.39, 0.29) is 17.5 Å². The van der Waals surface area contributed by atoms with Gasteiger partial charge in [0.15, 0.2) is 0 Å². The second-order valence-electron chi connectivity index (χ2n) is 6.36. The quantitative estimate of drug-likeness (QED) is 0.862. The molecule has 0 bridgehead atoms. The number of piperazine rings is 1. The number of nitrogens with one attached hydrogen (secondary N) is 2. The molecule has 1 aliphatic heterocycles. The van der Waals surface area contributed by atoms with E-state index in [0.29, 0.717) is 36.5 Å². The number of rotatable bonds is 4. The summed E-state index contributed by atoms with van der Waals surface area (Å²) in [6.07, 6.45) is 4.05. The van der Waals surface area contributed by atoms with Gasteiger partial charge in [-0.25, -0.2) is 4.98 Å². The van der Waals surface area contributed by atoms with E-state index in [2.05, 4.69) is 20.3 Å². The zero-order valence-electron chi connectivity index (χ0n) is 14.6. The van der Waals surface area contributed by atoms with Crippen molar-refractivity contribution in [1.29, 1.82) is 0 Å². The smallest absolute Gasteiger partial charge is 0.254 e. The number of nitrogens with zero attached hydrogens (tertiary/aromatic N) is 3. The van der Waals surface area contributed by atoms with Crippen LogP contribution >= 0.6 is 0 Å². The summed E-state index contributed by atoms with van der Waals surface area (Å²) in [5.41, 5.74) is 1.81. The Morgan fingerprint density at radius 3 is 2.96 bits per heavy atom. The maximum atomic E-state index is 12.5. The molecule has 2 aromatic heterocycles. The van der Waals surface area contributed by atoms with Gasteiger partial charge in [-0.05, 0) is 32.4 Å². The van der Waals surface area contributed by atoms with Gasteiger partial charge in [0.1, 0.15) is 5.82 Å². The van der Waals surface area contributed by atoms with E-state index in [9.17, 15) is 9.59 Å². The number of H-pyrrole nitrogens is 1. The number of aromatic nitrogens is 3. The number of aryl methyl sites for hydroxylation is 1. The number of amides is 1. The molecule has 7 nitrogen and oxygen atoms in total. The Bertz CT molecular complexity index is 803. The van der Waals surface area contributed by atoms with Crippen molar-refractivity contribution in [2.24, 2.45) is 0 Å². The number of carbonyl (C=O) groups is 1. The molecule has 0 aromatic carbocycles. The van der Waals surface area contributed by atoms with Crippen molar-refractivity contribution >= 4 is 5.91 Å². The van der Waals surface area contributed by atoms with Gasteiger partial charge >= 0.3 is 0 Å². The molecule has 2 aromatic rings. The van der Waals surface area contributed by atoms with Gasteiger partial charge in [0, 0.05) is 61.3 Å². The molecule has 132 valence electrons. The second kappa shape index (κ2) is 7.57. The minimum Gasteiger partial charge on any atom is -0.337 e. The van der Waals surface area contributed by atoms with Crippen LogP contribution < -0.4 is 10.9 Å². The monoisotopic (exact) mass is 341 g/mol. The Morgan fingerprint density at radius 1 is 1.44 bits per heavy atom. The molecular weight excluding hydrogens is 318 g/mol. The molecule has 1 atom stereocenters. The van der Waals surface area contributed by atoms with Crippen LogP contribution in [0.4, 0.5) is 0 Å². The van der Waals surface area contributed by atoms with Gasteiger partial charge in [0.25, 0.3) is 5.56 Å². The number of carbonyl (C=O) groups excluding carboxylic acids is 1. The molecule has 1 fully saturated rings. The Morgan fingerprint density at radius 2 is 2.28 bits per heavy atom. The van der Waals surface area contributed by atoms with Gasteiger partial charge in [-0.3, -0.25) is 14.6 Å². The maximum absolute atomic E-state index is 12.5. The first kappa shape index (κ1) is 17.3. The normalized spacial score (nSPS) is 17.5. The average Bonchev–Trinajstić information content (AvgIpc) is 2.62. The number of hydrogen-bond donors (Lipinski definition) is 2. The van der Waals surface area contributed by atoms with Crippen LogP contribution in [0.25, 0.3) is 11.4 Å². The molecule has 1 unspecified atom stereocenters. The first-order chi connectivity index (χ1) is 12.1. The van der Waals surface area contributed by atoms with E-state index in [1.165, 1.54) is 0 Å². The van der Waals surface area contributed by atoms with Gasteiger partial charge in [0.2, 0.25) is 5.91 Å². The lowest BCUT2D eigenvalue weighted by molar-refractivity contribution is -0.133. The average molecular weight is 341 g/mol. The standard InChI is InChI=1S/C18H23N5O2/c1-12-10-20-8-9-23(12)16(24)6-5-15-13(2)21-17(22-18(15)25)14-4-3-7-19-11-14/h3-4,7,11-12,20H,5-6,8-10H2,1-2H3,(H,21,22,25). The lowest BCUT2D eigenvalue weighted by atomic mass is 10.1. The van der Waals surface area contributed by atoms with Crippen LogP contribution in [0.3, 0.4) is 0 Å². The van der Waals surface area contributed by atoms with Gasteiger partial charge in [-0.2, -0.15) is 0 Å². The highest BCUT2D eigenvalue weighted by molar-refractivity contribution is 5.77. The molecule has 1 aliphatic rings. The van der Waals surface area contributed by atoms with Crippen LogP contribution in [0.5, 0.6) is 0 Å². The van der Waals surface area contributed by atoms with Gasteiger partial charge in [0.05, 0.1) is 0 Å². The summed E-state index contributed by atoms with van der Waals surface area (Å²) >= 11 is 0. The van der Waals surface area contributed by atoms with Crippen molar-refractivity contribution in [3.63, 3.8) is 0 Å². The topological polar surface area (TPSA) is 91.0 Å². The predicted molar refractivity (Wildman–Crippen MR) is 95.2 cm³/mol. The molecule has 0 radical (unpaired) electrons. The highest BCUT2D eigenvalue weighted by atomic mass is 16.2. The van der Waals surface area contributed by atoms with Crippen LogP contribution in [0, 0.1) is 6.92 Å². The van der Waals surface area contributed by atoms with Gasteiger partial charge < -0.3 is 15.2 Å². The Kier molecular flexibility index (Phi) is 5.23. The van der Waals surface area contributed by atoms with Gasteiger partial charge in [-0.15, -0.1) is 0 Å². The number of aromatic amines is 1. The fraction of sp³-hybridized carbons (Fsp3) is 0.444. The molecule has 0 spiro atoms. The first-order valence-electron chi connectivity index (χ1n) is 8.56. The van der Waals surface area contributed by atoms with E-state index in [1.54, 1.807) is 18.5 Å². The van der Waals surface area contributed by atoms with Crippen LogP contribution in [-0.4, -0.2) is 51.4 Å². The fourth-order valence-electron chi connectivity index (χ4n) is 3.13. The Balaban J connectivity index is 1.73. The fourth-order valence-corrected chi connectivity index (χ4v) is 3.13. The summed E-state index contributed by atoms with van der Waals surface area (Å²) in [7, 11) is 0. The molecule has 3 rings (SSSR count). The van der Waals surface area contributed by atoms with Crippen molar-refractivity contribution in [1.82, 2.24) is 25.2 Å². The van der Waals surface area contributed by atoms with Crippen molar-refractivity contribution in [3.05, 3.63) is 46.1 Å². The molecule has 7 heteroatoms. The SMILES string of the molecule is Cc1nc(-c2cccnc2)[nH]c(=O)c1CCC(=O)N1CCNCC1C. The van der Waals surface area contributed by atoms with Crippen LogP contribution in [0.2, 0.25) is 0 Å². The Hall–Kier alpha value is -2.54. The number of hydrogen-bond acceptors (Lipinski definition) is 5. The van der Waals surface area contributed by atoms with Crippen molar-refractivity contribution in [2.45, 2.75) is 32.7 Å². The summed E-state index contributed by atoms with van der Waals surface area (Å²) in [6.45, 7) is 6.19.